The molecule has 7 nitrogen and oxygen atoms in total. The molecule has 20 heavy (non-hydrogen) atoms. The van der Waals surface area contributed by atoms with Crippen molar-refractivity contribution in [2.75, 3.05) is 23.8 Å². The first kappa shape index (κ1) is 14.9. The van der Waals surface area contributed by atoms with E-state index < -0.39 is 20.8 Å². The lowest BCUT2D eigenvalue weighted by molar-refractivity contribution is 0.579. The van der Waals surface area contributed by atoms with Crippen molar-refractivity contribution < 1.29 is 12.6 Å². The number of hydrogen-bond acceptors (Lipinski definition) is 5. The number of rotatable bonds is 6. The Hall–Kier alpha value is -1.45. The second-order valence-electron chi connectivity index (χ2n) is 4.06. The molecule has 0 bridgehead atoms. The highest BCUT2D eigenvalue weighted by atomic mass is 32.2. The molecular formula is C11H16N4O3S2. The summed E-state index contributed by atoms with van der Waals surface area (Å²) >= 11 is 0. The number of nitrogens with zero attached hydrogens (tertiary/aromatic N) is 2. The number of anilines is 1. The molecule has 3 N–H and O–H groups in total. The maximum Gasteiger partial charge on any atom is 0.260 e. The number of aromatic nitrogens is 2. The van der Waals surface area contributed by atoms with Gasteiger partial charge in [0.05, 0.1) is 0 Å². The highest BCUT2D eigenvalue weighted by Gasteiger charge is 2.23. The fourth-order valence-corrected chi connectivity index (χ4v) is 3.75. The van der Waals surface area contributed by atoms with Crippen LogP contribution in [-0.4, -0.2) is 40.1 Å². The molecule has 9 heteroatoms. The zero-order chi connectivity index (χ0) is 14.8. The van der Waals surface area contributed by atoms with E-state index in [2.05, 4.69) is 9.71 Å². The van der Waals surface area contributed by atoms with E-state index >= 15 is 0 Å². The fourth-order valence-electron chi connectivity index (χ4n) is 1.76. The summed E-state index contributed by atoms with van der Waals surface area (Å²) in [6, 6.07) is 5.11. The first-order valence-corrected chi connectivity index (χ1v) is 9.00. The van der Waals surface area contributed by atoms with Gasteiger partial charge in [0.1, 0.15) is 5.65 Å². The number of hydrogen-bond donors (Lipinski definition) is 2. The molecule has 0 radical (unpaired) electrons. The largest absolute Gasteiger partial charge is 0.381 e. The van der Waals surface area contributed by atoms with Gasteiger partial charge in [-0.25, -0.2) is 18.1 Å². The summed E-state index contributed by atoms with van der Waals surface area (Å²) in [4.78, 5) is 4.00. The van der Waals surface area contributed by atoms with Gasteiger partial charge in [-0.1, -0.05) is 13.0 Å². The number of imidazole rings is 1. The van der Waals surface area contributed by atoms with Gasteiger partial charge < -0.3 is 5.73 Å². The van der Waals surface area contributed by atoms with Gasteiger partial charge in [-0.05, 0) is 12.1 Å². The van der Waals surface area contributed by atoms with Gasteiger partial charge in [0.15, 0.2) is 10.8 Å². The van der Waals surface area contributed by atoms with E-state index in [0.29, 0.717) is 11.4 Å². The zero-order valence-electron chi connectivity index (χ0n) is 10.9. The molecule has 0 aromatic carbocycles. The minimum Gasteiger partial charge on any atom is -0.381 e. The summed E-state index contributed by atoms with van der Waals surface area (Å²) in [5, 5.41) is -0.0876. The van der Waals surface area contributed by atoms with Gasteiger partial charge in [0.25, 0.3) is 10.0 Å². The van der Waals surface area contributed by atoms with Crippen molar-refractivity contribution in [3.05, 3.63) is 24.4 Å². The van der Waals surface area contributed by atoms with Crippen LogP contribution in [-0.2, 0) is 20.8 Å². The summed E-state index contributed by atoms with van der Waals surface area (Å²) < 4.78 is 39.6. The molecule has 2 aromatic heterocycles. The maximum atomic E-state index is 12.2. The highest BCUT2D eigenvalue weighted by Crippen LogP contribution is 2.19. The standard InChI is InChI=1S/C11H16N4O3S2/c1-2-19(16)8-6-13-20(17,18)11-10(12)14-9-5-3-4-7-15(9)11/h3-5,7,13H,2,6,8,12H2,1H3. The minimum absolute atomic E-state index is 0.0553. The number of pyridine rings is 1. The van der Waals surface area contributed by atoms with E-state index in [9.17, 15) is 12.6 Å². The van der Waals surface area contributed by atoms with Crippen molar-refractivity contribution >= 4 is 32.3 Å². The molecule has 0 saturated carbocycles. The van der Waals surface area contributed by atoms with E-state index in [-0.39, 0.29) is 23.1 Å². The average Bonchev–Trinajstić information content (AvgIpc) is 2.74. The summed E-state index contributed by atoms with van der Waals surface area (Å²) in [5.41, 5.74) is 6.15. The number of sulfonamides is 1. The molecule has 1 atom stereocenters. The van der Waals surface area contributed by atoms with Gasteiger partial charge in [-0.3, -0.25) is 8.61 Å². The van der Waals surface area contributed by atoms with E-state index in [1.165, 1.54) is 4.40 Å². The third-order valence-corrected chi connectivity index (χ3v) is 5.51. The second kappa shape index (κ2) is 5.90. The van der Waals surface area contributed by atoms with Gasteiger partial charge in [0, 0.05) is 35.0 Å². The van der Waals surface area contributed by atoms with Crippen LogP contribution in [0.15, 0.2) is 29.4 Å². The van der Waals surface area contributed by atoms with Crippen molar-refractivity contribution in [3.8, 4) is 0 Å². The summed E-state index contributed by atoms with van der Waals surface area (Å²) in [5.74, 6) is 0.714. The van der Waals surface area contributed by atoms with Crippen molar-refractivity contribution in [2.45, 2.75) is 11.9 Å². The molecule has 2 rings (SSSR count). The Bertz CT molecular complexity index is 739. The third kappa shape index (κ3) is 3.00. The van der Waals surface area contributed by atoms with Gasteiger partial charge in [0.2, 0.25) is 0 Å². The molecular weight excluding hydrogens is 300 g/mol. The van der Waals surface area contributed by atoms with E-state index in [1.807, 2.05) is 0 Å². The number of nitrogen functional groups attached to an aromatic ring is 1. The highest BCUT2D eigenvalue weighted by molar-refractivity contribution is 7.89. The Balaban J connectivity index is 2.28. The van der Waals surface area contributed by atoms with Crippen LogP contribution in [0, 0.1) is 0 Å². The first-order valence-electron chi connectivity index (χ1n) is 6.03. The lowest BCUT2D eigenvalue weighted by atomic mass is 10.5. The summed E-state index contributed by atoms with van der Waals surface area (Å²) in [7, 11) is -4.81. The molecule has 0 fully saturated rings. The Morgan fingerprint density at radius 1 is 1.45 bits per heavy atom. The molecule has 0 aliphatic carbocycles. The van der Waals surface area contributed by atoms with E-state index in [0.717, 1.165) is 0 Å². The molecule has 2 aromatic rings. The second-order valence-corrected chi connectivity index (χ2v) is 7.61. The van der Waals surface area contributed by atoms with Crippen LogP contribution in [0.2, 0.25) is 0 Å². The normalized spacial score (nSPS) is 13.7. The summed E-state index contributed by atoms with van der Waals surface area (Å²) in [6.45, 7) is 1.88. The van der Waals surface area contributed by atoms with Crippen molar-refractivity contribution in [2.24, 2.45) is 0 Å². The Labute approximate surface area is 119 Å². The predicted octanol–water partition coefficient (Wildman–Crippen LogP) is -0.0366. The van der Waals surface area contributed by atoms with Gasteiger partial charge in [-0.2, -0.15) is 0 Å². The molecule has 0 spiro atoms. The van der Waals surface area contributed by atoms with Gasteiger partial charge >= 0.3 is 0 Å². The fraction of sp³-hybridized carbons (Fsp3) is 0.364. The first-order chi connectivity index (χ1) is 9.45. The number of nitrogens with one attached hydrogen (secondary N) is 1. The Kier molecular flexibility index (Phi) is 4.41. The monoisotopic (exact) mass is 316 g/mol. The van der Waals surface area contributed by atoms with Crippen LogP contribution < -0.4 is 10.5 Å². The smallest absolute Gasteiger partial charge is 0.260 e. The van der Waals surface area contributed by atoms with Crippen LogP contribution >= 0.6 is 0 Å². The molecule has 2 heterocycles. The van der Waals surface area contributed by atoms with Crippen molar-refractivity contribution in [1.29, 1.82) is 0 Å². The van der Waals surface area contributed by atoms with Gasteiger partial charge in [-0.15, -0.1) is 0 Å². The predicted molar refractivity (Wildman–Crippen MR) is 78.3 cm³/mol. The topological polar surface area (TPSA) is 107 Å². The van der Waals surface area contributed by atoms with Crippen molar-refractivity contribution in [3.63, 3.8) is 0 Å². The molecule has 0 saturated heterocycles. The third-order valence-electron chi connectivity index (χ3n) is 2.71. The molecule has 0 amide bonds. The van der Waals surface area contributed by atoms with Crippen LogP contribution in [0.5, 0.6) is 0 Å². The van der Waals surface area contributed by atoms with E-state index in [4.69, 9.17) is 5.73 Å². The van der Waals surface area contributed by atoms with E-state index in [1.54, 1.807) is 31.3 Å². The molecule has 0 aliphatic rings. The maximum absolute atomic E-state index is 12.2. The lowest BCUT2D eigenvalue weighted by Gasteiger charge is -2.06. The average molecular weight is 316 g/mol. The Morgan fingerprint density at radius 3 is 2.90 bits per heavy atom. The molecule has 0 aliphatic heterocycles. The van der Waals surface area contributed by atoms with Crippen LogP contribution in [0.4, 0.5) is 5.82 Å². The summed E-state index contributed by atoms with van der Waals surface area (Å²) in [6.07, 6.45) is 1.58. The lowest BCUT2D eigenvalue weighted by Crippen LogP contribution is -2.29. The zero-order valence-corrected chi connectivity index (χ0v) is 12.6. The van der Waals surface area contributed by atoms with Crippen LogP contribution in [0.25, 0.3) is 5.65 Å². The molecule has 110 valence electrons. The molecule has 1 unspecified atom stereocenters. The number of nitrogens with two attached hydrogens (primary N) is 1. The quantitative estimate of drug-likeness (QED) is 0.778. The van der Waals surface area contributed by atoms with Crippen LogP contribution in [0.1, 0.15) is 6.92 Å². The minimum atomic E-state index is -3.79. The SMILES string of the molecule is CCS(=O)CCNS(=O)(=O)c1c(N)nc2ccccn12. The van der Waals surface area contributed by atoms with Crippen molar-refractivity contribution in [1.82, 2.24) is 14.1 Å². The number of fused-ring (bicyclic) bond motifs is 1. The van der Waals surface area contributed by atoms with Crippen LogP contribution in [0.3, 0.4) is 0 Å². The Morgan fingerprint density at radius 2 is 2.20 bits per heavy atom.